The first-order chi connectivity index (χ1) is 22.1. The fourth-order valence-electron chi connectivity index (χ4n) is 5.12. The van der Waals surface area contributed by atoms with E-state index in [9.17, 15) is 18.0 Å². The minimum Gasteiger partial charge on any atom is -0.497 e. The summed E-state index contributed by atoms with van der Waals surface area (Å²) in [4.78, 5) is 29.9. The molecular weight excluding hydrogens is 622 g/mol. The number of carbonyl (C=O) groups excluding carboxylic acids is 2. The van der Waals surface area contributed by atoms with Crippen LogP contribution in [-0.4, -0.2) is 51.4 Å². The third-order valence-corrected chi connectivity index (χ3v) is 9.68. The highest BCUT2D eigenvalue weighted by Gasteiger charge is 2.35. The van der Waals surface area contributed by atoms with Crippen LogP contribution in [0.25, 0.3) is 0 Å². The van der Waals surface area contributed by atoms with Crippen LogP contribution in [-0.2, 0) is 32.6 Å². The Labute approximate surface area is 277 Å². The van der Waals surface area contributed by atoms with Gasteiger partial charge in [0.25, 0.3) is 10.0 Å². The van der Waals surface area contributed by atoms with Crippen LogP contribution in [0.15, 0.2) is 108 Å². The standard InChI is InChI=1S/C36H40ClN3O5S/c1-4-5-22-38-36(42)34(24-28-13-7-6-8-14-28)39(25-29-15-11-16-31(23-29)45-3)35(41)26-40(33-17-10-9-12-27(33)2)46(43,44)32-20-18-30(37)19-21-32/h6-21,23,34H,4-5,22,24-26H2,1-3H3,(H,38,42)/t34-/m0/s1. The minimum atomic E-state index is -4.22. The number of anilines is 1. The molecule has 0 aliphatic heterocycles. The number of hydrogen-bond acceptors (Lipinski definition) is 5. The summed E-state index contributed by atoms with van der Waals surface area (Å²) in [7, 11) is -2.66. The number of benzene rings is 4. The number of rotatable bonds is 15. The van der Waals surface area contributed by atoms with Crippen LogP contribution in [0.1, 0.15) is 36.5 Å². The van der Waals surface area contributed by atoms with Gasteiger partial charge in [0.1, 0.15) is 18.3 Å². The number of nitrogens with one attached hydrogen (secondary N) is 1. The Hall–Kier alpha value is -4.34. The maximum atomic E-state index is 14.6. The van der Waals surface area contributed by atoms with Crippen molar-refractivity contribution >= 4 is 39.1 Å². The summed E-state index contributed by atoms with van der Waals surface area (Å²) < 4.78 is 34.9. The van der Waals surface area contributed by atoms with E-state index in [2.05, 4.69) is 5.32 Å². The molecule has 0 unspecified atom stereocenters. The molecule has 1 atom stereocenters. The molecule has 8 nitrogen and oxygen atoms in total. The highest BCUT2D eigenvalue weighted by atomic mass is 35.5. The van der Waals surface area contributed by atoms with E-state index in [0.717, 1.165) is 28.3 Å². The summed E-state index contributed by atoms with van der Waals surface area (Å²) in [6.45, 7) is 3.80. The molecule has 4 aromatic carbocycles. The topological polar surface area (TPSA) is 96.0 Å². The van der Waals surface area contributed by atoms with Crippen LogP contribution in [0.4, 0.5) is 5.69 Å². The first-order valence-electron chi connectivity index (χ1n) is 15.2. The Morgan fingerprint density at radius 2 is 1.57 bits per heavy atom. The molecule has 0 aliphatic carbocycles. The zero-order valence-corrected chi connectivity index (χ0v) is 27.9. The predicted octanol–water partition coefficient (Wildman–Crippen LogP) is 6.41. The van der Waals surface area contributed by atoms with Gasteiger partial charge in [-0.1, -0.05) is 85.6 Å². The van der Waals surface area contributed by atoms with Gasteiger partial charge in [-0.05, 0) is 72.5 Å². The van der Waals surface area contributed by atoms with Crippen LogP contribution < -0.4 is 14.4 Å². The molecule has 0 saturated heterocycles. The number of halogens is 1. The van der Waals surface area contributed by atoms with Gasteiger partial charge in [0, 0.05) is 24.5 Å². The average Bonchev–Trinajstić information content (AvgIpc) is 3.06. The van der Waals surface area contributed by atoms with Gasteiger partial charge in [-0.15, -0.1) is 0 Å². The molecule has 0 aromatic heterocycles. The fraction of sp³-hybridized carbons (Fsp3) is 0.278. The fourth-order valence-corrected chi connectivity index (χ4v) is 6.72. The van der Waals surface area contributed by atoms with Gasteiger partial charge >= 0.3 is 0 Å². The molecule has 0 fully saturated rings. The van der Waals surface area contributed by atoms with Crippen molar-refractivity contribution in [3.63, 3.8) is 0 Å². The molecule has 4 rings (SSSR count). The molecular formula is C36H40ClN3O5S. The number of sulfonamides is 1. The third kappa shape index (κ3) is 8.89. The van der Waals surface area contributed by atoms with E-state index >= 15 is 0 Å². The molecule has 10 heteroatoms. The lowest BCUT2D eigenvalue weighted by Gasteiger charge is -2.34. The van der Waals surface area contributed by atoms with Crippen LogP contribution in [0, 0.1) is 6.92 Å². The van der Waals surface area contributed by atoms with E-state index in [1.165, 1.54) is 29.2 Å². The maximum Gasteiger partial charge on any atom is 0.264 e. The molecule has 4 aromatic rings. The number of unbranched alkanes of at least 4 members (excludes halogenated alkanes) is 1. The van der Waals surface area contributed by atoms with E-state index in [0.29, 0.717) is 28.6 Å². The number of nitrogens with zero attached hydrogens (tertiary/aromatic N) is 2. The van der Waals surface area contributed by atoms with E-state index in [-0.39, 0.29) is 23.8 Å². The second-order valence-corrected chi connectivity index (χ2v) is 13.3. The van der Waals surface area contributed by atoms with Gasteiger partial charge in [-0.3, -0.25) is 13.9 Å². The van der Waals surface area contributed by atoms with Gasteiger partial charge in [-0.2, -0.15) is 0 Å². The number of para-hydroxylation sites is 1. The predicted molar refractivity (Wildman–Crippen MR) is 183 cm³/mol. The van der Waals surface area contributed by atoms with E-state index in [1.807, 2.05) is 49.4 Å². The summed E-state index contributed by atoms with van der Waals surface area (Å²) >= 11 is 6.07. The Morgan fingerprint density at radius 3 is 2.24 bits per heavy atom. The monoisotopic (exact) mass is 661 g/mol. The van der Waals surface area contributed by atoms with Gasteiger partial charge in [0.15, 0.2) is 0 Å². The van der Waals surface area contributed by atoms with Crippen molar-refractivity contribution in [1.82, 2.24) is 10.2 Å². The Kier molecular flexibility index (Phi) is 12.2. The summed E-state index contributed by atoms with van der Waals surface area (Å²) in [5.74, 6) is -0.240. The normalized spacial score (nSPS) is 11.8. The maximum absolute atomic E-state index is 14.6. The minimum absolute atomic E-state index is 0.00885. The molecule has 0 radical (unpaired) electrons. The van der Waals surface area contributed by atoms with E-state index in [4.69, 9.17) is 16.3 Å². The smallest absolute Gasteiger partial charge is 0.264 e. The van der Waals surface area contributed by atoms with Gasteiger partial charge in [0.05, 0.1) is 17.7 Å². The average molecular weight is 662 g/mol. The Morgan fingerprint density at radius 1 is 0.891 bits per heavy atom. The summed E-state index contributed by atoms with van der Waals surface area (Å²) in [6, 6.07) is 28.6. The third-order valence-electron chi connectivity index (χ3n) is 7.65. The summed E-state index contributed by atoms with van der Waals surface area (Å²) in [5, 5.41) is 3.39. The first-order valence-corrected chi connectivity index (χ1v) is 17.0. The number of methoxy groups -OCH3 is 1. The lowest BCUT2D eigenvalue weighted by atomic mass is 10.0. The van der Waals surface area contributed by atoms with Gasteiger partial charge in [0.2, 0.25) is 11.8 Å². The molecule has 1 N–H and O–H groups in total. The largest absolute Gasteiger partial charge is 0.497 e. The highest BCUT2D eigenvalue weighted by molar-refractivity contribution is 7.92. The lowest BCUT2D eigenvalue weighted by molar-refractivity contribution is -0.140. The quantitative estimate of drug-likeness (QED) is 0.149. The van der Waals surface area contributed by atoms with Crippen molar-refractivity contribution in [3.05, 3.63) is 125 Å². The van der Waals surface area contributed by atoms with Crippen LogP contribution in [0.2, 0.25) is 5.02 Å². The second-order valence-electron chi connectivity index (χ2n) is 11.0. The Balaban J connectivity index is 1.81. The summed E-state index contributed by atoms with van der Waals surface area (Å²) in [6.07, 6.45) is 1.92. The van der Waals surface area contributed by atoms with Crippen molar-refractivity contribution in [2.24, 2.45) is 0 Å². The number of hydrogen-bond donors (Lipinski definition) is 1. The molecule has 0 aliphatic rings. The molecule has 0 spiro atoms. The van der Waals surface area contributed by atoms with Crippen molar-refractivity contribution in [2.75, 3.05) is 24.5 Å². The molecule has 0 heterocycles. The van der Waals surface area contributed by atoms with Crippen LogP contribution in [0.5, 0.6) is 5.75 Å². The van der Waals surface area contributed by atoms with Crippen LogP contribution >= 0.6 is 11.6 Å². The molecule has 46 heavy (non-hydrogen) atoms. The van der Waals surface area contributed by atoms with E-state index in [1.54, 1.807) is 50.4 Å². The number of ether oxygens (including phenoxy) is 1. The number of aryl methyl sites for hydroxylation is 1. The SMILES string of the molecule is CCCCNC(=O)[C@H](Cc1ccccc1)N(Cc1cccc(OC)c1)C(=O)CN(c1ccccc1C)S(=O)(=O)c1ccc(Cl)cc1. The van der Waals surface area contributed by atoms with Crippen molar-refractivity contribution in [2.45, 2.75) is 50.6 Å². The molecule has 242 valence electrons. The van der Waals surface area contributed by atoms with Crippen molar-refractivity contribution < 1.29 is 22.7 Å². The van der Waals surface area contributed by atoms with E-state index < -0.39 is 28.5 Å². The molecule has 2 amide bonds. The number of carbonyl (C=O) groups is 2. The second kappa shape index (κ2) is 16.3. The zero-order chi connectivity index (χ0) is 33.1. The zero-order valence-electron chi connectivity index (χ0n) is 26.4. The van der Waals surface area contributed by atoms with Crippen molar-refractivity contribution in [3.8, 4) is 5.75 Å². The lowest BCUT2D eigenvalue weighted by Crippen LogP contribution is -2.53. The van der Waals surface area contributed by atoms with Gasteiger partial charge < -0.3 is 15.0 Å². The van der Waals surface area contributed by atoms with Crippen LogP contribution in [0.3, 0.4) is 0 Å². The summed E-state index contributed by atoms with van der Waals surface area (Å²) in [5.41, 5.74) is 2.63. The van der Waals surface area contributed by atoms with Gasteiger partial charge in [-0.25, -0.2) is 8.42 Å². The molecule has 0 bridgehead atoms. The first kappa shape index (κ1) is 34.5. The van der Waals surface area contributed by atoms with Crippen molar-refractivity contribution in [1.29, 1.82) is 0 Å². The Bertz CT molecular complexity index is 1720. The molecule has 0 saturated carbocycles. The highest BCUT2D eigenvalue weighted by Crippen LogP contribution is 2.28. The number of amides is 2.